The normalized spacial score (nSPS) is 23.0. The first-order chi connectivity index (χ1) is 17.6. The van der Waals surface area contributed by atoms with Crippen molar-refractivity contribution in [2.45, 2.75) is 67.2 Å². The molecule has 4 aliphatic rings. The van der Waals surface area contributed by atoms with Gasteiger partial charge in [-0.25, -0.2) is 0 Å². The van der Waals surface area contributed by atoms with Gasteiger partial charge in [-0.1, -0.05) is 0 Å². The summed E-state index contributed by atoms with van der Waals surface area (Å²) in [7, 11) is 0. The molecule has 2 bridgehead atoms. The van der Waals surface area contributed by atoms with Gasteiger partial charge in [-0.15, -0.1) is 0 Å². The zero-order chi connectivity index (χ0) is 26.0. The van der Waals surface area contributed by atoms with E-state index < -0.39 is 27.0 Å². The molecule has 4 aromatic rings. The number of hydrogen-bond acceptors (Lipinski definition) is 1. The molecule has 0 saturated carbocycles. The molecule has 188 valence electrons. The van der Waals surface area contributed by atoms with Crippen molar-refractivity contribution in [2.24, 2.45) is 0 Å². The fourth-order valence-corrected chi connectivity index (χ4v) is 28.8. The van der Waals surface area contributed by atoms with Gasteiger partial charge in [0.1, 0.15) is 0 Å². The molecule has 0 unspecified atom stereocenters. The maximum absolute atomic E-state index is 7.80. The second kappa shape index (κ2) is 7.60. The SMILES string of the molecule is Cc1ccc([C@@H]2OP34(c5cc(C)c(C)c[c]5[Sb]([c]5cc(C)c(C)cc53)[c]3cc(C)c(C)cc34)[C@@H]2C)cc1. The summed E-state index contributed by atoms with van der Waals surface area (Å²) in [6.07, 6.45) is 0.110. The standard InChI is InChI=1S/C34H36OP.Sb/c1-22-9-14-30(15-10-22)34-29(8)36(35-34,31-16-11-23(2)26(5)19-31,32-17-12-24(3)27(6)20-32)33-18-13-25(4)28(7)21-33;/h9-15,19-21,29,34H,1-8H3;/t29-,34-;/m1./s1. The summed E-state index contributed by atoms with van der Waals surface area (Å²) in [4.78, 5) is 0. The molecule has 8 rings (SSSR count). The van der Waals surface area contributed by atoms with Crippen LogP contribution in [0.15, 0.2) is 60.7 Å². The predicted molar refractivity (Wildman–Crippen MR) is 163 cm³/mol. The molecular formula is C34H36OPSb. The fourth-order valence-electron chi connectivity index (χ4n) is 7.28. The van der Waals surface area contributed by atoms with Crippen LogP contribution >= 0.6 is 6.83 Å². The van der Waals surface area contributed by atoms with Crippen molar-refractivity contribution in [3.05, 3.63) is 105 Å². The summed E-state index contributed by atoms with van der Waals surface area (Å²) in [5.74, 6) is 0. The third-order valence-corrected chi connectivity index (χ3v) is 25.2. The van der Waals surface area contributed by atoms with Crippen molar-refractivity contribution in [1.82, 2.24) is 0 Å². The number of hydrogen-bond donors (Lipinski definition) is 0. The van der Waals surface area contributed by atoms with Crippen LogP contribution in [-0.4, -0.2) is 25.9 Å². The van der Waals surface area contributed by atoms with E-state index in [0.29, 0.717) is 5.66 Å². The van der Waals surface area contributed by atoms with Gasteiger partial charge < -0.3 is 0 Å². The van der Waals surface area contributed by atoms with E-state index in [1.165, 1.54) is 44.5 Å². The zero-order valence-electron chi connectivity index (χ0n) is 23.2. The first-order valence-electron chi connectivity index (χ1n) is 13.5. The molecule has 0 N–H and O–H groups in total. The van der Waals surface area contributed by atoms with Crippen molar-refractivity contribution in [2.75, 3.05) is 0 Å². The molecule has 0 radical (unpaired) electrons. The van der Waals surface area contributed by atoms with Crippen molar-refractivity contribution >= 4 is 53.5 Å². The first-order valence-corrected chi connectivity index (χ1v) is 19.6. The maximum atomic E-state index is 7.80. The predicted octanol–water partition coefficient (Wildman–Crippen LogP) is 4.89. The average Bonchev–Trinajstić information content (AvgIpc) is 2.86. The molecule has 4 aliphatic heterocycles. The van der Waals surface area contributed by atoms with Gasteiger partial charge in [-0.3, -0.25) is 0 Å². The van der Waals surface area contributed by atoms with E-state index in [1.807, 2.05) is 0 Å². The van der Waals surface area contributed by atoms with Crippen LogP contribution in [0.2, 0.25) is 0 Å². The molecule has 3 heteroatoms. The van der Waals surface area contributed by atoms with Gasteiger partial charge in [0, 0.05) is 0 Å². The molecular weight excluding hydrogens is 577 g/mol. The van der Waals surface area contributed by atoms with Gasteiger partial charge in [-0.05, 0) is 0 Å². The van der Waals surface area contributed by atoms with E-state index in [4.69, 9.17) is 4.52 Å². The monoisotopic (exact) mass is 612 g/mol. The Labute approximate surface area is 229 Å². The van der Waals surface area contributed by atoms with Crippen molar-refractivity contribution in [3.63, 3.8) is 0 Å². The molecule has 0 aromatic heterocycles. The van der Waals surface area contributed by atoms with Gasteiger partial charge in [0.05, 0.1) is 0 Å². The Morgan fingerprint density at radius 2 is 0.946 bits per heavy atom. The summed E-state index contributed by atoms with van der Waals surface area (Å²) in [5.41, 5.74) is 11.5. The van der Waals surface area contributed by atoms with E-state index >= 15 is 0 Å². The number of rotatable bonds is 1. The minimum atomic E-state index is -3.16. The van der Waals surface area contributed by atoms with E-state index in [0.717, 1.165) is 0 Å². The topological polar surface area (TPSA) is 9.23 Å². The molecule has 0 amide bonds. The summed E-state index contributed by atoms with van der Waals surface area (Å²) >= 11 is -2.23. The second-order valence-corrected chi connectivity index (χ2v) is 22.6. The van der Waals surface area contributed by atoms with Crippen LogP contribution < -0.4 is 26.4 Å². The Morgan fingerprint density at radius 3 is 1.32 bits per heavy atom. The third kappa shape index (κ3) is 2.70. The van der Waals surface area contributed by atoms with Crippen LogP contribution in [0.3, 0.4) is 0 Å². The van der Waals surface area contributed by atoms with E-state index in [2.05, 4.69) is 116 Å². The van der Waals surface area contributed by atoms with E-state index in [1.54, 1.807) is 26.4 Å². The van der Waals surface area contributed by atoms with E-state index in [9.17, 15) is 0 Å². The van der Waals surface area contributed by atoms with Crippen LogP contribution in [0.4, 0.5) is 0 Å². The summed E-state index contributed by atoms with van der Waals surface area (Å²) < 4.78 is 12.8. The van der Waals surface area contributed by atoms with Crippen LogP contribution in [0, 0.1) is 48.5 Å². The van der Waals surface area contributed by atoms with Crippen LogP contribution in [0.1, 0.15) is 57.5 Å². The van der Waals surface area contributed by atoms with Crippen molar-refractivity contribution in [1.29, 1.82) is 0 Å². The molecule has 37 heavy (non-hydrogen) atoms. The quantitative estimate of drug-likeness (QED) is 0.220. The Morgan fingerprint density at radius 1 is 0.568 bits per heavy atom. The molecule has 4 aromatic carbocycles. The van der Waals surface area contributed by atoms with Crippen LogP contribution in [0.25, 0.3) is 0 Å². The van der Waals surface area contributed by atoms with Gasteiger partial charge in [-0.2, -0.15) is 0 Å². The Kier molecular flexibility index (Phi) is 4.96. The number of aryl methyl sites for hydroxylation is 7. The third-order valence-electron chi connectivity index (χ3n) is 9.88. The first kappa shape index (κ1) is 24.2. The second-order valence-electron chi connectivity index (χ2n) is 11.9. The van der Waals surface area contributed by atoms with Gasteiger partial charge in [0.15, 0.2) is 0 Å². The van der Waals surface area contributed by atoms with Crippen LogP contribution in [-0.2, 0) is 4.52 Å². The molecule has 1 nitrogen and oxygen atoms in total. The molecule has 2 atom stereocenters. The zero-order valence-corrected chi connectivity index (χ0v) is 26.7. The Hall–Kier alpha value is -1.91. The van der Waals surface area contributed by atoms with Crippen molar-refractivity contribution < 1.29 is 4.52 Å². The minimum absolute atomic E-state index is 0.110. The van der Waals surface area contributed by atoms with Gasteiger partial charge >= 0.3 is 230 Å². The molecule has 1 spiro atoms. The number of benzene rings is 4. The molecule has 0 aliphatic carbocycles. The molecule has 1 saturated heterocycles. The summed E-state index contributed by atoms with van der Waals surface area (Å²) in [5, 5.41) is 4.75. The van der Waals surface area contributed by atoms with E-state index in [-0.39, 0.29) is 6.10 Å². The average molecular weight is 613 g/mol. The summed E-state index contributed by atoms with van der Waals surface area (Å²) in [6, 6.07) is 24.5. The van der Waals surface area contributed by atoms with Crippen LogP contribution in [0.5, 0.6) is 0 Å². The molecule has 4 heterocycles. The van der Waals surface area contributed by atoms with Crippen molar-refractivity contribution in [3.8, 4) is 0 Å². The summed E-state index contributed by atoms with van der Waals surface area (Å²) in [6.45, 7) is 15.3. The van der Waals surface area contributed by atoms with Gasteiger partial charge in [0.25, 0.3) is 0 Å². The Balaban J connectivity index is 1.65. The Bertz CT molecular complexity index is 1520. The fraction of sp³-hybridized carbons (Fsp3) is 0.294. The molecule has 1 fully saturated rings. The van der Waals surface area contributed by atoms with Gasteiger partial charge in [0.2, 0.25) is 0 Å².